The number of amides is 1. The summed E-state index contributed by atoms with van der Waals surface area (Å²) in [6.07, 6.45) is 7.54. The Morgan fingerprint density at radius 1 is 1.16 bits per heavy atom. The zero-order chi connectivity index (χ0) is 22.4. The van der Waals surface area contributed by atoms with Crippen molar-refractivity contribution in [2.45, 2.75) is 90.4 Å². The van der Waals surface area contributed by atoms with E-state index in [1.165, 1.54) is 24.8 Å². The maximum atomic E-state index is 12.2. The highest BCUT2D eigenvalue weighted by molar-refractivity contribution is 6.31. The topological polar surface area (TPSA) is 49.9 Å². The van der Waals surface area contributed by atoms with E-state index in [0.29, 0.717) is 18.9 Å². The Balaban J connectivity index is 0.000000330. The van der Waals surface area contributed by atoms with Gasteiger partial charge in [-0.25, -0.2) is 0 Å². The third-order valence-electron chi connectivity index (χ3n) is 6.71. The van der Waals surface area contributed by atoms with Crippen molar-refractivity contribution in [2.75, 3.05) is 19.7 Å². The van der Waals surface area contributed by atoms with Crippen LogP contribution in [0.3, 0.4) is 0 Å². The number of ketones is 1. The quantitative estimate of drug-likeness (QED) is 0.665. The molecule has 5 nitrogen and oxygen atoms in total. The van der Waals surface area contributed by atoms with E-state index in [4.69, 9.17) is 16.3 Å². The largest absolute Gasteiger partial charge is 0.379 e. The van der Waals surface area contributed by atoms with Gasteiger partial charge in [0.15, 0.2) is 5.78 Å². The van der Waals surface area contributed by atoms with Gasteiger partial charge in [-0.15, -0.1) is 0 Å². The summed E-state index contributed by atoms with van der Waals surface area (Å²) in [4.78, 5) is 28.3. The number of hydrogen-bond acceptors (Lipinski definition) is 4. The number of rotatable bonds is 4. The van der Waals surface area contributed by atoms with Gasteiger partial charge in [0, 0.05) is 43.7 Å². The van der Waals surface area contributed by atoms with E-state index in [1.807, 2.05) is 17.9 Å². The van der Waals surface area contributed by atoms with Crippen LogP contribution in [-0.2, 0) is 20.9 Å². The predicted octanol–water partition coefficient (Wildman–Crippen LogP) is 4.77. The number of halogens is 1. The number of ether oxygens (including phenoxy) is 1. The predicted molar refractivity (Wildman–Crippen MR) is 124 cm³/mol. The van der Waals surface area contributed by atoms with Gasteiger partial charge in [-0.2, -0.15) is 0 Å². The summed E-state index contributed by atoms with van der Waals surface area (Å²) < 4.78 is 5.28. The van der Waals surface area contributed by atoms with Crippen LogP contribution in [0.4, 0.5) is 0 Å². The molecule has 172 valence electrons. The summed E-state index contributed by atoms with van der Waals surface area (Å²) in [6, 6.07) is 6.21. The summed E-state index contributed by atoms with van der Waals surface area (Å²) in [5, 5.41) is 0.806. The summed E-state index contributed by atoms with van der Waals surface area (Å²) in [7, 11) is 0. The molecule has 1 amide bonds. The molecule has 6 heteroatoms. The molecule has 0 N–H and O–H groups in total. The van der Waals surface area contributed by atoms with Crippen molar-refractivity contribution in [2.24, 2.45) is 0 Å². The third-order valence-corrected chi connectivity index (χ3v) is 7.14. The zero-order valence-electron chi connectivity index (χ0n) is 19.2. The van der Waals surface area contributed by atoms with Crippen molar-refractivity contribution < 1.29 is 14.3 Å². The summed E-state index contributed by atoms with van der Waals surface area (Å²) in [5.41, 5.74) is 2.38. The minimum atomic E-state index is -0.187. The molecule has 3 fully saturated rings. The number of Topliss-reactive ketones (excluding diaryl/α,β-unsaturated/α-hetero) is 1. The summed E-state index contributed by atoms with van der Waals surface area (Å²) in [5.74, 6) is 0.280. The van der Waals surface area contributed by atoms with Crippen molar-refractivity contribution >= 4 is 23.3 Å². The van der Waals surface area contributed by atoms with Crippen LogP contribution < -0.4 is 0 Å². The Kier molecular flexibility index (Phi) is 8.94. The Bertz CT molecular complexity index is 755. The van der Waals surface area contributed by atoms with Gasteiger partial charge in [0.25, 0.3) is 0 Å². The molecule has 3 saturated heterocycles. The average molecular weight is 449 g/mol. The van der Waals surface area contributed by atoms with E-state index in [2.05, 4.69) is 24.0 Å². The first-order chi connectivity index (χ1) is 14.8. The second-order valence-electron chi connectivity index (χ2n) is 9.23. The number of aryl methyl sites for hydroxylation is 1. The van der Waals surface area contributed by atoms with Crippen LogP contribution in [0.5, 0.6) is 0 Å². The first-order valence-corrected chi connectivity index (χ1v) is 12.1. The van der Waals surface area contributed by atoms with Crippen molar-refractivity contribution in [3.63, 3.8) is 0 Å². The molecule has 4 rings (SSSR count). The highest BCUT2D eigenvalue weighted by Gasteiger charge is 2.39. The molecule has 0 saturated carbocycles. The van der Waals surface area contributed by atoms with Gasteiger partial charge >= 0.3 is 0 Å². The van der Waals surface area contributed by atoms with E-state index in [1.54, 1.807) is 6.92 Å². The normalized spacial score (nSPS) is 25.3. The Hall–Kier alpha value is -1.43. The highest BCUT2D eigenvalue weighted by atomic mass is 35.5. The van der Waals surface area contributed by atoms with E-state index >= 15 is 0 Å². The van der Waals surface area contributed by atoms with Gasteiger partial charge in [0.2, 0.25) is 5.91 Å². The number of hydrogen-bond donors (Lipinski definition) is 0. The molecule has 3 aliphatic heterocycles. The van der Waals surface area contributed by atoms with Crippen LogP contribution in [0, 0.1) is 6.92 Å². The lowest BCUT2D eigenvalue weighted by atomic mass is 10.0. The number of piperidine rings is 1. The van der Waals surface area contributed by atoms with E-state index in [-0.39, 0.29) is 23.8 Å². The molecule has 0 radical (unpaired) electrons. The van der Waals surface area contributed by atoms with Crippen molar-refractivity contribution in [3.8, 4) is 0 Å². The Labute approximate surface area is 192 Å². The fraction of sp³-hybridized carbons (Fsp3) is 0.680. The number of likely N-dealkylation sites (tertiary alicyclic amines) is 2. The van der Waals surface area contributed by atoms with Gasteiger partial charge in [-0.1, -0.05) is 23.7 Å². The molecule has 0 bridgehead atoms. The van der Waals surface area contributed by atoms with Gasteiger partial charge < -0.3 is 9.64 Å². The lowest BCUT2D eigenvalue weighted by Crippen LogP contribution is -2.50. The molecule has 2 atom stereocenters. The molecule has 31 heavy (non-hydrogen) atoms. The molecule has 0 aliphatic carbocycles. The smallest absolute Gasteiger partial charge is 0.223 e. The SMILES string of the molecule is CC(=O)C1CCC(=O)N1C1CCN(Cc2ccc(Cl)c(C)c2)CC1.CC1CCCCO1. The first-order valence-electron chi connectivity index (χ1n) is 11.8. The fourth-order valence-corrected chi connectivity index (χ4v) is 5.00. The maximum Gasteiger partial charge on any atom is 0.223 e. The Morgan fingerprint density at radius 3 is 2.45 bits per heavy atom. The van der Waals surface area contributed by atoms with Gasteiger partial charge in [-0.3, -0.25) is 14.5 Å². The molecule has 3 aliphatic rings. The first kappa shape index (κ1) is 24.2. The van der Waals surface area contributed by atoms with Crippen LogP contribution in [-0.4, -0.2) is 59.4 Å². The van der Waals surface area contributed by atoms with Crippen LogP contribution in [0.1, 0.15) is 69.9 Å². The highest BCUT2D eigenvalue weighted by Crippen LogP contribution is 2.28. The number of nitrogens with zero attached hydrogens (tertiary/aromatic N) is 2. The molecule has 0 spiro atoms. The van der Waals surface area contributed by atoms with Crippen molar-refractivity contribution in [1.82, 2.24) is 9.80 Å². The second kappa shape index (κ2) is 11.4. The van der Waals surface area contributed by atoms with Gasteiger partial charge in [-0.05, 0) is 76.5 Å². The third kappa shape index (κ3) is 6.77. The van der Waals surface area contributed by atoms with Crippen molar-refractivity contribution in [3.05, 3.63) is 34.3 Å². The van der Waals surface area contributed by atoms with Crippen LogP contribution in [0.2, 0.25) is 5.02 Å². The molecule has 1 aromatic rings. The molecular weight excluding hydrogens is 412 g/mol. The van der Waals surface area contributed by atoms with E-state index < -0.39 is 0 Å². The van der Waals surface area contributed by atoms with E-state index in [9.17, 15) is 9.59 Å². The van der Waals surface area contributed by atoms with E-state index in [0.717, 1.165) is 49.7 Å². The number of carbonyl (C=O) groups excluding carboxylic acids is 2. The molecular formula is C25H37ClN2O3. The maximum absolute atomic E-state index is 12.2. The minimum Gasteiger partial charge on any atom is -0.379 e. The zero-order valence-corrected chi connectivity index (χ0v) is 20.0. The standard InChI is InChI=1S/C19H25ClN2O2.C6H12O/c1-13-11-15(3-4-17(13)20)12-21-9-7-16(8-10-21)22-18(14(2)23)5-6-19(22)24;1-6-4-2-3-5-7-6/h3-4,11,16,18H,5-10,12H2,1-2H3;6H,2-5H2,1H3. The number of benzene rings is 1. The number of carbonyl (C=O) groups is 2. The molecule has 0 aromatic heterocycles. The summed E-state index contributed by atoms with van der Waals surface area (Å²) in [6.45, 7) is 9.59. The molecule has 1 aromatic carbocycles. The van der Waals surface area contributed by atoms with Gasteiger partial charge in [0.05, 0.1) is 12.1 Å². The van der Waals surface area contributed by atoms with Crippen LogP contribution in [0.15, 0.2) is 18.2 Å². The van der Waals surface area contributed by atoms with Crippen LogP contribution >= 0.6 is 11.6 Å². The van der Waals surface area contributed by atoms with Crippen LogP contribution in [0.25, 0.3) is 0 Å². The molecule has 2 unspecified atom stereocenters. The lowest BCUT2D eigenvalue weighted by molar-refractivity contribution is -0.137. The lowest BCUT2D eigenvalue weighted by Gasteiger charge is -2.39. The second-order valence-corrected chi connectivity index (χ2v) is 9.64. The van der Waals surface area contributed by atoms with Gasteiger partial charge in [0.1, 0.15) is 0 Å². The summed E-state index contributed by atoms with van der Waals surface area (Å²) >= 11 is 6.09. The minimum absolute atomic E-state index is 0.125. The average Bonchev–Trinajstić information content (AvgIpc) is 3.14. The molecule has 3 heterocycles. The monoisotopic (exact) mass is 448 g/mol. The van der Waals surface area contributed by atoms with Crippen molar-refractivity contribution in [1.29, 1.82) is 0 Å². The fourth-order valence-electron chi connectivity index (χ4n) is 4.88. The Morgan fingerprint density at radius 2 is 1.90 bits per heavy atom.